The molecule has 0 saturated carbocycles. The Kier molecular flexibility index (Phi) is 4.15. The van der Waals surface area contributed by atoms with Gasteiger partial charge in [0.05, 0.1) is 12.6 Å². The molecular formula is C11H22N2O3. The van der Waals surface area contributed by atoms with E-state index in [4.69, 9.17) is 10.5 Å². The second-order valence-electron chi connectivity index (χ2n) is 5.29. The topological polar surface area (TPSA) is 75.8 Å². The van der Waals surface area contributed by atoms with Crippen molar-refractivity contribution in [1.29, 1.82) is 0 Å². The molecule has 5 heteroatoms. The van der Waals surface area contributed by atoms with E-state index in [-0.39, 0.29) is 24.8 Å². The minimum Gasteiger partial charge on any atom is -0.444 e. The molecule has 1 fully saturated rings. The first-order valence-electron chi connectivity index (χ1n) is 5.69. The van der Waals surface area contributed by atoms with Crippen molar-refractivity contribution >= 4 is 6.09 Å². The molecule has 0 bridgehead atoms. The smallest absolute Gasteiger partial charge is 0.410 e. The summed E-state index contributed by atoms with van der Waals surface area (Å²) in [4.78, 5) is 13.4. The average molecular weight is 230 g/mol. The molecule has 0 aromatic carbocycles. The van der Waals surface area contributed by atoms with E-state index in [1.54, 1.807) is 4.90 Å². The zero-order valence-corrected chi connectivity index (χ0v) is 10.3. The van der Waals surface area contributed by atoms with E-state index >= 15 is 0 Å². The summed E-state index contributed by atoms with van der Waals surface area (Å²) in [5.41, 5.74) is 5.30. The Morgan fingerprint density at radius 1 is 1.56 bits per heavy atom. The number of nitrogens with zero attached hydrogens (tertiary/aromatic N) is 1. The Balaban J connectivity index is 2.60. The van der Waals surface area contributed by atoms with Crippen LogP contribution in [0.3, 0.4) is 0 Å². The van der Waals surface area contributed by atoms with E-state index < -0.39 is 5.60 Å². The van der Waals surface area contributed by atoms with E-state index in [9.17, 15) is 9.90 Å². The van der Waals surface area contributed by atoms with E-state index in [2.05, 4.69) is 0 Å². The van der Waals surface area contributed by atoms with Gasteiger partial charge in [-0.2, -0.15) is 0 Å². The number of aliphatic hydroxyl groups is 1. The maximum absolute atomic E-state index is 11.8. The van der Waals surface area contributed by atoms with Crippen LogP contribution in [-0.2, 0) is 4.74 Å². The molecule has 0 spiro atoms. The summed E-state index contributed by atoms with van der Waals surface area (Å²) in [7, 11) is 0. The number of ether oxygens (including phenoxy) is 1. The first kappa shape index (κ1) is 13.3. The first-order valence-corrected chi connectivity index (χ1v) is 5.69. The first-order chi connectivity index (χ1) is 7.33. The van der Waals surface area contributed by atoms with E-state index in [1.165, 1.54) is 0 Å². The zero-order valence-electron chi connectivity index (χ0n) is 10.3. The number of nitrogens with two attached hydrogens (primary N) is 1. The van der Waals surface area contributed by atoms with Gasteiger partial charge in [-0.3, -0.25) is 0 Å². The third-order valence-electron chi connectivity index (χ3n) is 2.60. The normalized spacial score (nSPS) is 26.7. The zero-order chi connectivity index (χ0) is 12.3. The minimum atomic E-state index is -0.503. The maximum Gasteiger partial charge on any atom is 0.410 e. The van der Waals surface area contributed by atoms with Crippen LogP contribution in [0.15, 0.2) is 0 Å². The predicted molar refractivity (Wildman–Crippen MR) is 61.0 cm³/mol. The fraction of sp³-hybridized carbons (Fsp3) is 0.909. The molecule has 1 heterocycles. The Labute approximate surface area is 96.6 Å². The van der Waals surface area contributed by atoms with E-state index in [1.807, 2.05) is 20.8 Å². The monoisotopic (exact) mass is 230 g/mol. The molecule has 0 aromatic rings. The molecule has 2 atom stereocenters. The van der Waals surface area contributed by atoms with Gasteiger partial charge < -0.3 is 20.5 Å². The molecule has 16 heavy (non-hydrogen) atoms. The number of hydrogen-bond donors (Lipinski definition) is 2. The molecule has 1 saturated heterocycles. The van der Waals surface area contributed by atoms with Gasteiger partial charge in [-0.25, -0.2) is 4.79 Å². The van der Waals surface area contributed by atoms with Gasteiger partial charge in [0.1, 0.15) is 5.60 Å². The standard InChI is InChI=1S/C11H22N2O3/c1-11(2,3)16-10(15)13-5-4-8(12)6-9(13)7-14/h8-9,14H,4-7,12H2,1-3H3/t8-,9-/m1/s1. The van der Waals surface area contributed by atoms with Gasteiger partial charge in [0.2, 0.25) is 0 Å². The summed E-state index contributed by atoms with van der Waals surface area (Å²) in [6.07, 6.45) is 1.03. The lowest BCUT2D eigenvalue weighted by Crippen LogP contribution is -2.52. The maximum atomic E-state index is 11.8. The molecule has 5 nitrogen and oxygen atoms in total. The molecule has 94 valence electrons. The summed E-state index contributed by atoms with van der Waals surface area (Å²) in [5.74, 6) is 0. The van der Waals surface area contributed by atoms with Gasteiger partial charge in [-0.15, -0.1) is 0 Å². The number of carbonyl (C=O) groups excluding carboxylic acids is 1. The summed E-state index contributed by atoms with van der Waals surface area (Å²) in [6.45, 7) is 5.98. The Hall–Kier alpha value is -0.810. The van der Waals surface area contributed by atoms with Crippen LogP contribution in [0.5, 0.6) is 0 Å². The second-order valence-corrected chi connectivity index (χ2v) is 5.29. The lowest BCUT2D eigenvalue weighted by molar-refractivity contribution is -0.0000619. The van der Waals surface area contributed by atoms with Crippen LogP contribution in [0.1, 0.15) is 33.6 Å². The van der Waals surface area contributed by atoms with Gasteiger partial charge in [-0.05, 0) is 33.6 Å². The van der Waals surface area contributed by atoms with Crippen LogP contribution in [0, 0.1) is 0 Å². The third kappa shape index (κ3) is 3.64. The third-order valence-corrected chi connectivity index (χ3v) is 2.60. The molecule has 1 aliphatic heterocycles. The van der Waals surface area contributed by atoms with Crippen LogP contribution in [-0.4, -0.2) is 46.9 Å². The molecular weight excluding hydrogens is 208 g/mol. The number of rotatable bonds is 1. The Morgan fingerprint density at radius 2 is 2.19 bits per heavy atom. The summed E-state index contributed by atoms with van der Waals surface area (Å²) < 4.78 is 5.28. The highest BCUT2D eigenvalue weighted by atomic mass is 16.6. The lowest BCUT2D eigenvalue weighted by Gasteiger charge is -2.38. The SMILES string of the molecule is CC(C)(C)OC(=O)N1CC[C@@H](N)C[C@@H]1CO. The number of carbonyl (C=O) groups is 1. The van der Waals surface area contributed by atoms with Crippen LogP contribution >= 0.6 is 0 Å². The van der Waals surface area contributed by atoms with E-state index in [0.717, 1.165) is 6.42 Å². The number of likely N-dealkylation sites (tertiary alicyclic amines) is 1. The van der Waals surface area contributed by atoms with Crippen molar-refractivity contribution in [3.8, 4) is 0 Å². The molecule has 1 aliphatic rings. The molecule has 1 amide bonds. The highest BCUT2D eigenvalue weighted by Crippen LogP contribution is 2.19. The van der Waals surface area contributed by atoms with Crippen molar-refractivity contribution in [3.05, 3.63) is 0 Å². The van der Waals surface area contributed by atoms with Crippen LogP contribution in [0.2, 0.25) is 0 Å². The van der Waals surface area contributed by atoms with Crippen LogP contribution in [0.25, 0.3) is 0 Å². The van der Waals surface area contributed by atoms with Crippen molar-refractivity contribution in [1.82, 2.24) is 4.90 Å². The van der Waals surface area contributed by atoms with Crippen molar-refractivity contribution < 1.29 is 14.6 Å². The fourth-order valence-electron chi connectivity index (χ4n) is 1.82. The molecule has 0 aliphatic carbocycles. The Bertz CT molecular complexity index is 250. The molecule has 0 aromatic heterocycles. The minimum absolute atomic E-state index is 0.0626. The van der Waals surface area contributed by atoms with Crippen LogP contribution in [0.4, 0.5) is 4.79 Å². The van der Waals surface area contributed by atoms with Crippen molar-refractivity contribution in [2.24, 2.45) is 5.73 Å². The highest BCUT2D eigenvalue weighted by Gasteiger charge is 2.32. The number of aliphatic hydroxyl groups excluding tert-OH is 1. The fourth-order valence-corrected chi connectivity index (χ4v) is 1.82. The quantitative estimate of drug-likeness (QED) is 0.695. The van der Waals surface area contributed by atoms with Crippen molar-refractivity contribution in [2.75, 3.05) is 13.2 Å². The predicted octanol–water partition coefficient (Wildman–Crippen LogP) is 0.705. The molecule has 3 N–H and O–H groups in total. The summed E-state index contributed by atoms with van der Waals surface area (Å²) >= 11 is 0. The summed E-state index contributed by atoms with van der Waals surface area (Å²) in [6, 6.07) is -0.144. The van der Waals surface area contributed by atoms with Gasteiger partial charge in [0.15, 0.2) is 0 Å². The van der Waals surface area contributed by atoms with Gasteiger partial charge >= 0.3 is 6.09 Å². The lowest BCUT2D eigenvalue weighted by atomic mass is 9.99. The molecule has 0 unspecified atom stereocenters. The molecule has 0 radical (unpaired) electrons. The van der Waals surface area contributed by atoms with Crippen LogP contribution < -0.4 is 5.73 Å². The molecule has 1 rings (SSSR count). The summed E-state index contributed by atoms with van der Waals surface area (Å²) in [5, 5.41) is 9.22. The number of hydrogen-bond acceptors (Lipinski definition) is 4. The Morgan fingerprint density at radius 3 is 2.69 bits per heavy atom. The van der Waals surface area contributed by atoms with Crippen molar-refractivity contribution in [3.63, 3.8) is 0 Å². The van der Waals surface area contributed by atoms with Crippen molar-refractivity contribution in [2.45, 2.75) is 51.3 Å². The number of piperidine rings is 1. The van der Waals surface area contributed by atoms with E-state index in [0.29, 0.717) is 13.0 Å². The average Bonchev–Trinajstić information content (AvgIpc) is 2.14. The second kappa shape index (κ2) is 5.01. The highest BCUT2D eigenvalue weighted by molar-refractivity contribution is 5.68. The number of amides is 1. The van der Waals surface area contributed by atoms with Gasteiger partial charge in [0, 0.05) is 12.6 Å². The van der Waals surface area contributed by atoms with Gasteiger partial charge in [0.25, 0.3) is 0 Å². The largest absolute Gasteiger partial charge is 0.444 e. The van der Waals surface area contributed by atoms with Gasteiger partial charge in [-0.1, -0.05) is 0 Å².